The van der Waals surface area contributed by atoms with Gasteiger partial charge in [-0.15, -0.1) is 6.42 Å². The molecule has 0 atom stereocenters. The van der Waals surface area contributed by atoms with E-state index < -0.39 is 46.6 Å². The Balaban J connectivity index is 3.02. The average Bonchev–Trinajstić information content (AvgIpc) is 2.60. The molecule has 1 saturated carbocycles. The number of halogens is 8. The zero-order chi connectivity index (χ0) is 21.6. The topological polar surface area (TPSA) is 0 Å². The number of rotatable bonds is 1. The molecule has 0 aliphatic heterocycles. The summed E-state index contributed by atoms with van der Waals surface area (Å²) in [4.78, 5) is 0. The summed E-state index contributed by atoms with van der Waals surface area (Å²) in [6, 6.07) is 0. The normalized spacial score (nSPS) is 24.4. The molecule has 0 radical (unpaired) electrons. The van der Waals surface area contributed by atoms with Crippen molar-refractivity contribution in [3.8, 4) is 70.9 Å². The summed E-state index contributed by atoms with van der Waals surface area (Å²) in [5.74, 6) is -4.34. The first-order valence-corrected chi connectivity index (χ1v) is 7.85. The zero-order valence-electron chi connectivity index (χ0n) is 13.7. The van der Waals surface area contributed by atoms with Crippen LogP contribution < -0.4 is 0 Å². The van der Waals surface area contributed by atoms with Crippen molar-refractivity contribution in [1.29, 1.82) is 0 Å². The van der Waals surface area contributed by atoms with E-state index in [0.29, 0.717) is 0 Å². The van der Waals surface area contributed by atoms with E-state index in [9.17, 15) is 35.1 Å². The van der Waals surface area contributed by atoms with Crippen molar-refractivity contribution in [2.75, 3.05) is 0 Å². The van der Waals surface area contributed by atoms with Crippen LogP contribution in [-0.2, 0) is 0 Å². The average molecular weight is 418 g/mol. The van der Waals surface area contributed by atoms with Crippen molar-refractivity contribution in [3.63, 3.8) is 0 Å². The smallest absolute Gasteiger partial charge is 0.199 e. The van der Waals surface area contributed by atoms with Crippen molar-refractivity contribution < 1.29 is 35.1 Å². The molecule has 0 unspecified atom stereocenters. The molecule has 0 amide bonds. The Morgan fingerprint density at radius 3 is 1.36 bits per heavy atom. The molecule has 0 aromatic carbocycles. The molecule has 1 aliphatic carbocycles. The van der Waals surface area contributed by atoms with Gasteiger partial charge in [-0.2, -0.15) is 35.1 Å². The minimum absolute atomic E-state index is 0.0560. The number of hydrogen-bond acceptors (Lipinski definition) is 1. The molecule has 0 N–H and O–H groups in total. The van der Waals surface area contributed by atoms with Crippen molar-refractivity contribution in [2.45, 2.75) is 35.9 Å². The van der Waals surface area contributed by atoms with Gasteiger partial charge in [-0.3, -0.25) is 0 Å². The van der Waals surface area contributed by atoms with Gasteiger partial charge in [0.2, 0.25) is 0 Å². The molecular weight excluding hydrogens is 412 g/mol. The van der Waals surface area contributed by atoms with E-state index in [0.717, 1.165) is 0 Å². The quantitative estimate of drug-likeness (QED) is 0.460. The van der Waals surface area contributed by atoms with Gasteiger partial charge in [-0.25, -0.2) is 0 Å². The second-order valence-electron chi connectivity index (χ2n) is 5.08. The van der Waals surface area contributed by atoms with Gasteiger partial charge in [0.1, 0.15) is 0 Å². The summed E-state index contributed by atoms with van der Waals surface area (Å²) in [6.45, 7) is -0.0560. The Morgan fingerprint density at radius 1 is 0.607 bits per heavy atom. The summed E-state index contributed by atoms with van der Waals surface area (Å²) in [5, 5.41) is -2.18. The van der Waals surface area contributed by atoms with E-state index in [4.69, 9.17) is 6.42 Å². The van der Waals surface area contributed by atoms with Gasteiger partial charge in [0.15, 0.2) is 5.25 Å². The number of terminal acetylenes is 1. The molecular formula is C19H6F8S. The van der Waals surface area contributed by atoms with Gasteiger partial charge < -0.3 is 0 Å². The molecule has 0 bridgehead atoms. The highest BCUT2D eigenvalue weighted by molar-refractivity contribution is 8.04. The lowest BCUT2D eigenvalue weighted by atomic mass is 9.78. The van der Waals surface area contributed by atoms with Crippen molar-refractivity contribution in [3.05, 3.63) is 0 Å². The lowest BCUT2D eigenvalue weighted by Gasteiger charge is -2.48. The third-order valence-electron chi connectivity index (χ3n) is 3.44. The lowest BCUT2D eigenvalue weighted by Crippen LogP contribution is -2.72. The highest BCUT2D eigenvalue weighted by Crippen LogP contribution is 2.63. The molecule has 9 heteroatoms. The van der Waals surface area contributed by atoms with E-state index in [1.165, 1.54) is 0 Å². The fraction of sp³-hybridized carbons (Fsp3) is 0.368. The molecule has 144 valence electrons. The van der Waals surface area contributed by atoms with Crippen molar-refractivity contribution in [1.82, 2.24) is 0 Å². The van der Waals surface area contributed by atoms with Gasteiger partial charge in [0.25, 0.3) is 0 Å². The van der Waals surface area contributed by atoms with E-state index in [-0.39, 0.29) is 6.92 Å². The zero-order valence-corrected chi connectivity index (χ0v) is 14.5. The Bertz CT molecular complexity index is 948. The Hall–Kier alpha value is -2.85. The van der Waals surface area contributed by atoms with Gasteiger partial charge in [0, 0.05) is 0 Å². The molecule has 1 fully saturated rings. The second-order valence-corrected chi connectivity index (χ2v) is 5.99. The molecule has 0 aromatic heterocycles. The fourth-order valence-corrected chi connectivity index (χ4v) is 2.74. The molecule has 0 heterocycles. The van der Waals surface area contributed by atoms with Crippen LogP contribution in [-0.4, -0.2) is 28.9 Å². The van der Waals surface area contributed by atoms with Crippen molar-refractivity contribution >= 4 is 11.8 Å². The largest absolute Gasteiger partial charge is 0.329 e. The molecule has 0 aromatic rings. The van der Waals surface area contributed by atoms with Gasteiger partial charge >= 0.3 is 23.7 Å². The molecule has 1 rings (SSSR count). The van der Waals surface area contributed by atoms with Crippen LogP contribution in [0.2, 0.25) is 0 Å². The van der Waals surface area contributed by atoms with Crippen LogP contribution in [0.1, 0.15) is 6.92 Å². The first kappa shape index (κ1) is 23.2. The highest BCUT2D eigenvalue weighted by atomic mass is 32.2. The second kappa shape index (κ2) is 8.44. The van der Waals surface area contributed by atoms with E-state index in [1.807, 2.05) is 17.8 Å². The lowest BCUT2D eigenvalue weighted by molar-refractivity contribution is -0.368. The van der Waals surface area contributed by atoms with Gasteiger partial charge in [-0.05, 0) is 64.5 Å². The maximum Gasteiger partial charge on any atom is 0.329 e. The van der Waals surface area contributed by atoms with E-state index in [1.54, 1.807) is 11.2 Å². The summed E-state index contributed by atoms with van der Waals surface area (Å²) in [7, 11) is 0. The highest BCUT2D eigenvalue weighted by Gasteiger charge is 2.85. The summed E-state index contributed by atoms with van der Waals surface area (Å²) in [5.41, 5.74) is 0. The Labute approximate surface area is 160 Å². The Morgan fingerprint density at radius 2 is 0.964 bits per heavy atom. The summed E-state index contributed by atoms with van der Waals surface area (Å²) >= 11 is -0.742. The van der Waals surface area contributed by atoms with Crippen LogP contribution in [0, 0.1) is 76.8 Å². The van der Waals surface area contributed by atoms with Crippen LogP contribution in [0.5, 0.6) is 0 Å². The molecule has 0 nitrogen and oxygen atoms in total. The van der Waals surface area contributed by atoms with Crippen LogP contribution >= 0.6 is 11.8 Å². The van der Waals surface area contributed by atoms with E-state index >= 15 is 0 Å². The minimum Gasteiger partial charge on any atom is -0.199 e. The molecule has 0 saturated heterocycles. The molecule has 28 heavy (non-hydrogen) atoms. The van der Waals surface area contributed by atoms with Crippen LogP contribution in [0.4, 0.5) is 35.1 Å². The van der Waals surface area contributed by atoms with E-state index in [2.05, 4.69) is 35.5 Å². The summed E-state index contributed by atoms with van der Waals surface area (Å²) in [6.07, 6.45) is 4.82. The first-order valence-electron chi connectivity index (χ1n) is 6.97. The number of thioether (sulfide) groups is 1. The third-order valence-corrected chi connectivity index (χ3v) is 4.48. The van der Waals surface area contributed by atoms with Gasteiger partial charge in [0.05, 0.1) is 5.92 Å². The van der Waals surface area contributed by atoms with Crippen LogP contribution in [0.15, 0.2) is 0 Å². The van der Waals surface area contributed by atoms with Crippen molar-refractivity contribution in [2.24, 2.45) is 5.92 Å². The minimum atomic E-state index is -5.43. The fourth-order valence-electron chi connectivity index (χ4n) is 1.90. The SMILES string of the molecule is C#CC#CC#CC#CC#CC#CSC1C(F)(F)C(F)(F)C(C)C(F)(F)C1(F)F. The molecule has 1 aliphatic rings. The first-order chi connectivity index (χ1) is 12.8. The number of hydrogen-bond donors (Lipinski definition) is 0. The van der Waals surface area contributed by atoms with Crippen LogP contribution in [0.25, 0.3) is 0 Å². The molecule has 0 spiro atoms. The predicted molar refractivity (Wildman–Crippen MR) is 88.0 cm³/mol. The maximum atomic E-state index is 13.8. The monoisotopic (exact) mass is 418 g/mol. The van der Waals surface area contributed by atoms with Gasteiger partial charge in [-0.1, -0.05) is 18.7 Å². The summed E-state index contributed by atoms with van der Waals surface area (Å²) < 4.78 is 110. The Kier molecular flexibility index (Phi) is 6.99. The number of alkyl halides is 8. The standard InChI is InChI=1S/C19H6F8S/c1-3-4-5-6-7-8-9-10-11-12-13-28-15-18(24,25)16(20,21)14(2)17(22,23)19(15,26)27/h1,14-15H,2H3. The predicted octanol–water partition coefficient (Wildman–Crippen LogP) is 3.89. The van der Waals surface area contributed by atoms with Crippen LogP contribution in [0.3, 0.4) is 0 Å². The third kappa shape index (κ3) is 4.18. The maximum absolute atomic E-state index is 13.8.